The molecule has 1 rings (SSSR count). The molecule has 1 atom stereocenters. The van der Waals surface area contributed by atoms with Crippen molar-refractivity contribution in [2.45, 2.75) is 24.8 Å². The maximum Gasteiger partial charge on any atom is 0.180 e. The molecule has 1 aromatic rings. The van der Waals surface area contributed by atoms with Crippen LogP contribution in [-0.4, -0.2) is 38.5 Å². The molecule has 0 radical (unpaired) electrons. The van der Waals surface area contributed by atoms with Crippen molar-refractivity contribution >= 4 is 9.84 Å². The molecule has 0 fully saturated rings. The molecule has 17 heavy (non-hydrogen) atoms. The van der Waals surface area contributed by atoms with Crippen molar-refractivity contribution in [1.82, 2.24) is 5.32 Å². The third-order valence-corrected chi connectivity index (χ3v) is 4.24. The van der Waals surface area contributed by atoms with Crippen LogP contribution in [0, 0.1) is 6.92 Å². The summed E-state index contributed by atoms with van der Waals surface area (Å²) in [6.07, 6.45) is -0.874. The Morgan fingerprint density at radius 3 is 2.41 bits per heavy atom. The molecule has 0 bridgehead atoms. The number of nitrogens with one attached hydrogen (secondary N) is 1. The second-order valence-electron chi connectivity index (χ2n) is 4.06. The van der Waals surface area contributed by atoms with Crippen LogP contribution in [-0.2, 0) is 9.84 Å². The third-order valence-electron chi connectivity index (χ3n) is 2.42. The van der Waals surface area contributed by atoms with E-state index in [9.17, 15) is 13.5 Å². The van der Waals surface area contributed by atoms with Gasteiger partial charge in [-0.3, -0.25) is 0 Å². The van der Waals surface area contributed by atoms with E-state index in [4.69, 9.17) is 0 Å². The summed E-state index contributed by atoms with van der Waals surface area (Å²) in [5, 5.41) is 12.5. The lowest BCUT2D eigenvalue weighted by Gasteiger charge is -2.11. The molecule has 0 aliphatic rings. The molecule has 4 nitrogen and oxygen atoms in total. The number of sulfone groups is 1. The summed E-state index contributed by atoms with van der Waals surface area (Å²) in [5.41, 5.74) is 1.01. The first-order valence-corrected chi connectivity index (χ1v) is 7.29. The minimum atomic E-state index is -3.40. The Hall–Kier alpha value is -0.910. The lowest BCUT2D eigenvalue weighted by atomic mass is 10.2. The van der Waals surface area contributed by atoms with Crippen molar-refractivity contribution in [1.29, 1.82) is 0 Å². The number of likely N-dealkylation sites (N-methyl/N-ethyl adjacent to an activating group) is 1. The van der Waals surface area contributed by atoms with E-state index in [0.717, 1.165) is 5.56 Å². The van der Waals surface area contributed by atoms with Crippen molar-refractivity contribution < 1.29 is 13.5 Å². The van der Waals surface area contributed by atoms with E-state index in [0.29, 0.717) is 13.1 Å². The van der Waals surface area contributed by atoms with Crippen LogP contribution in [0.15, 0.2) is 29.2 Å². The summed E-state index contributed by atoms with van der Waals surface area (Å²) >= 11 is 0. The minimum absolute atomic E-state index is 0.247. The number of rotatable bonds is 6. The topological polar surface area (TPSA) is 66.4 Å². The molecular weight excluding hydrogens is 238 g/mol. The van der Waals surface area contributed by atoms with Crippen LogP contribution in [0.3, 0.4) is 0 Å². The highest BCUT2D eigenvalue weighted by molar-refractivity contribution is 7.91. The van der Waals surface area contributed by atoms with Gasteiger partial charge in [-0.1, -0.05) is 24.6 Å². The van der Waals surface area contributed by atoms with Crippen molar-refractivity contribution in [3.8, 4) is 0 Å². The molecule has 0 aromatic heterocycles. The highest BCUT2D eigenvalue weighted by atomic mass is 32.2. The van der Waals surface area contributed by atoms with Gasteiger partial charge in [-0.2, -0.15) is 0 Å². The van der Waals surface area contributed by atoms with Crippen molar-refractivity contribution in [2.75, 3.05) is 18.8 Å². The maximum absolute atomic E-state index is 11.9. The summed E-state index contributed by atoms with van der Waals surface area (Å²) in [6.45, 7) is 4.81. The molecule has 0 spiro atoms. The van der Waals surface area contributed by atoms with E-state index in [2.05, 4.69) is 5.32 Å². The molecule has 5 heteroatoms. The van der Waals surface area contributed by atoms with Crippen LogP contribution in [0.25, 0.3) is 0 Å². The zero-order valence-corrected chi connectivity index (χ0v) is 11.0. The van der Waals surface area contributed by atoms with Gasteiger partial charge in [0.05, 0.1) is 16.8 Å². The summed E-state index contributed by atoms with van der Waals surface area (Å²) in [5.74, 6) is -0.247. The molecule has 0 saturated heterocycles. The van der Waals surface area contributed by atoms with E-state index in [1.165, 1.54) is 0 Å². The van der Waals surface area contributed by atoms with Crippen molar-refractivity contribution in [3.63, 3.8) is 0 Å². The van der Waals surface area contributed by atoms with E-state index >= 15 is 0 Å². The standard InChI is InChI=1S/C12H19NO3S/c1-3-13-8-11(14)9-17(15,16)12-6-4-10(2)5-7-12/h4-7,11,13-14H,3,8-9H2,1-2H3. The molecule has 0 amide bonds. The number of hydrogen-bond donors (Lipinski definition) is 2. The number of aliphatic hydroxyl groups excluding tert-OH is 1. The maximum atomic E-state index is 11.9. The fourth-order valence-corrected chi connectivity index (χ4v) is 2.83. The van der Waals surface area contributed by atoms with Gasteiger partial charge >= 0.3 is 0 Å². The highest BCUT2D eigenvalue weighted by Gasteiger charge is 2.19. The normalized spacial score (nSPS) is 13.6. The van der Waals surface area contributed by atoms with Gasteiger partial charge in [0.15, 0.2) is 9.84 Å². The average Bonchev–Trinajstić information content (AvgIpc) is 2.26. The van der Waals surface area contributed by atoms with Gasteiger partial charge in [0.2, 0.25) is 0 Å². The quantitative estimate of drug-likeness (QED) is 0.789. The predicted molar refractivity (Wildman–Crippen MR) is 67.8 cm³/mol. The van der Waals surface area contributed by atoms with Crippen molar-refractivity contribution in [2.24, 2.45) is 0 Å². The van der Waals surface area contributed by atoms with Gasteiger partial charge in [-0.05, 0) is 25.6 Å². The predicted octanol–water partition coefficient (Wildman–Crippen LogP) is 0.739. The van der Waals surface area contributed by atoms with Gasteiger partial charge < -0.3 is 10.4 Å². The Balaban J connectivity index is 2.71. The van der Waals surface area contributed by atoms with Crippen LogP contribution in [0.2, 0.25) is 0 Å². The molecule has 96 valence electrons. The lowest BCUT2D eigenvalue weighted by Crippen LogP contribution is -2.32. The third kappa shape index (κ3) is 4.46. The molecule has 1 unspecified atom stereocenters. The fourth-order valence-electron chi connectivity index (χ4n) is 1.46. The fraction of sp³-hybridized carbons (Fsp3) is 0.500. The molecule has 1 aromatic carbocycles. The van der Waals surface area contributed by atoms with Gasteiger partial charge in [0.25, 0.3) is 0 Å². The number of aryl methyl sites for hydroxylation is 1. The van der Waals surface area contributed by atoms with E-state index in [1.807, 2.05) is 13.8 Å². The van der Waals surface area contributed by atoms with Crippen LogP contribution in [0.4, 0.5) is 0 Å². The Morgan fingerprint density at radius 1 is 1.29 bits per heavy atom. The Bertz CT molecular complexity index is 439. The molecule has 0 aliphatic carbocycles. The largest absolute Gasteiger partial charge is 0.391 e. The van der Waals surface area contributed by atoms with Gasteiger partial charge in [-0.15, -0.1) is 0 Å². The van der Waals surface area contributed by atoms with Crippen LogP contribution in [0.5, 0.6) is 0 Å². The van der Waals surface area contributed by atoms with Gasteiger partial charge in [0.1, 0.15) is 0 Å². The Labute approximate surface area is 103 Å². The Kier molecular flexibility index (Phi) is 5.11. The second kappa shape index (κ2) is 6.14. The summed E-state index contributed by atoms with van der Waals surface area (Å²) in [7, 11) is -3.40. The molecule has 0 saturated carbocycles. The molecule has 2 N–H and O–H groups in total. The van der Waals surface area contributed by atoms with Crippen molar-refractivity contribution in [3.05, 3.63) is 29.8 Å². The monoisotopic (exact) mass is 257 g/mol. The zero-order chi connectivity index (χ0) is 12.9. The summed E-state index contributed by atoms with van der Waals surface area (Å²) in [4.78, 5) is 0.263. The van der Waals surface area contributed by atoms with E-state index in [-0.39, 0.29) is 10.6 Å². The average molecular weight is 257 g/mol. The van der Waals surface area contributed by atoms with Gasteiger partial charge in [0, 0.05) is 6.54 Å². The second-order valence-corrected chi connectivity index (χ2v) is 6.09. The summed E-state index contributed by atoms with van der Waals surface area (Å²) in [6, 6.07) is 6.66. The van der Waals surface area contributed by atoms with Crippen LogP contribution in [0.1, 0.15) is 12.5 Å². The minimum Gasteiger partial charge on any atom is -0.391 e. The Morgan fingerprint density at radius 2 is 1.88 bits per heavy atom. The van der Waals surface area contributed by atoms with E-state index in [1.54, 1.807) is 24.3 Å². The number of aliphatic hydroxyl groups is 1. The summed E-state index contributed by atoms with van der Waals surface area (Å²) < 4.78 is 23.9. The SMILES string of the molecule is CCNCC(O)CS(=O)(=O)c1ccc(C)cc1. The first-order valence-electron chi connectivity index (χ1n) is 5.64. The van der Waals surface area contributed by atoms with Crippen LogP contribution < -0.4 is 5.32 Å². The lowest BCUT2D eigenvalue weighted by molar-refractivity contribution is 0.194. The molecule has 0 heterocycles. The van der Waals surface area contributed by atoms with Crippen LogP contribution >= 0.6 is 0 Å². The molecular formula is C12H19NO3S. The smallest absolute Gasteiger partial charge is 0.180 e. The number of benzene rings is 1. The number of hydrogen-bond acceptors (Lipinski definition) is 4. The first-order chi connectivity index (χ1) is 7.95. The zero-order valence-electron chi connectivity index (χ0n) is 10.2. The van der Waals surface area contributed by atoms with Gasteiger partial charge in [-0.25, -0.2) is 8.42 Å². The van der Waals surface area contributed by atoms with E-state index < -0.39 is 15.9 Å². The highest BCUT2D eigenvalue weighted by Crippen LogP contribution is 2.12. The molecule has 0 aliphatic heterocycles. The first kappa shape index (κ1) is 14.2.